The fourth-order valence-corrected chi connectivity index (χ4v) is 1.42. The Balaban J connectivity index is 2.14. The summed E-state index contributed by atoms with van der Waals surface area (Å²) >= 11 is 0. The van der Waals surface area contributed by atoms with Gasteiger partial charge in [-0.2, -0.15) is 0 Å². The number of halogens is 2. The van der Waals surface area contributed by atoms with Gasteiger partial charge in [0.15, 0.2) is 11.6 Å². The zero-order chi connectivity index (χ0) is 13.7. The number of nitrogens with one attached hydrogen (secondary N) is 1. The minimum atomic E-state index is -0.776. The van der Waals surface area contributed by atoms with Crippen molar-refractivity contribution in [3.05, 3.63) is 42.2 Å². The third kappa shape index (κ3) is 3.61. The molecule has 1 N–H and O–H groups in total. The Kier molecular flexibility index (Phi) is 4.22. The van der Waals surface area contributed by atoms with E-state index in [2.05, 4.69) is 15.3 Å². The molecule has 4 nitrogen and oxygen atoms in total. The third-order valence-corrected chi connectivity index (χ3v) is 2.31. The Hall–Kier alpha value is -2.24. The first-order valence-corrected chi connectivity index (χ1v) is 5.88. The van der Waals surface area contributed by atoms with E-state index >= 15 is 0 Å². The van der Waals surface area contributed by atoms with Crippen LogP contribution in [0.2, 0.25) is 0 Å². The Morgan fingerprint density at radius 2 is 2.05 bits per heavy atom. The molecule has 1 aromatic carbocycles. The van der Waals surface area contributed by atoms with E-state index in [1.807, 2.05) is 6.92 Å². The molecule has 0 unspecified atom stereocenters. The smallest absolute Gasteiger partial charge is 0.224 e. The van der Waals surface area contributed by atoms with Crippen LogP contribution in [0.25, 0.3) is 0 Å². The number of ether oxygens (including phenoxy) is 1. The Morgan fingerprint density at radius 1 is 1.21 bits per heavy atom. The van der Waals surface area contributed by atoms with Gasteiger partial charge >= 0.3 is 0 Å². The van der Waals surface area contributed by atoms with Crippen molar-refractivity contribution >= 4 is 5.82 Å². The number of aromatic nitrogens is 2. The zero-order valence-electron chi connectivity index (χ0n) is 10.4. The van der Waals surface area contributed by atoms with Crippen LogP contribution in [0.15, 0.2) is 30.6 Å². The van der Waals surface area contributed by atoms with E-state index in [1.165, 1.54) is 12.4 Å². The lowest BCUT2D eigenvalue weighted by atomic mass is 10.3. The molecule has 0 aliphatic rings. The van der Waals surface area contributed by atoms with Crippen molar-refractivity contribution in [2.45, 2.75) is 13.3 Å². The van der Waals surface area contributed by atoms with Gasteiger partial charge in [-0.3, -0.25) is 0 Å². The van der Waals surface area contributed by atoms with Gasteiger partial charge in [-0.15, -0.1) is 0 Å². The molecular formula is C13H13F2N3O. The Labute approximate surface area is 109 Å². The van der Waals surface area contributed by atoms with Crippen LogP contribution in [0, 0.1) is 11.6 Å². The molecule has 100 valence electrons. The summed E-state index contributed by atoms with van der Waals surface area (Å²) in [7, 11) is 0. The predicted octanol–water partition coefficient (Wildman–Crippen LogP) is 3.37. The van der Waals surface area contributed by atoms with E-state index in [-0.39, 0.29) is 11.6 Å². The maximum atomic E-state index is 13.4. The van der Waals surface area contributed by atoms with Crippen molar-refractivity contribution < 1.29 is 13.5 Å². The lowest BCUT2D eigenvalue weighted by Gasteiger charge is -2.07. The molecule has 0 spiro atoms. The number of hydrogen-bond donors (Lipinski definition) is 1. The minimum Gasteiger partial charge on any atom is -0.436 e. The van der Waals surface area contributed by atoms with Crippen LogP contribution in [0.1, 0.15) is 13.3 Å². The highest BCUT2D eigenvalue weighted by Gasteiger charge is 2.07. The highest BCUT2D eigenvalue weighted by Crippen LogP contribution is 2.24. The zero-order valence-corrected chi connectivity index (χ0v) is 10.4. The highest BCUT2D eigenvalue weighted by atomic mass is 19.1. The maximum absolute atomic E-state index is 13.4. The number of rotatable bonds is 5. The second-order valence-electron chi connectivity index (χ2n) is 3.85. The molecule has 0 bridgehead atoms. The summed E-state index contributed by atoms with van der Waals surface area (Å²) < 4.78 is 31.4. The Bertz CT molecular complexity index is 563. The molecule has 0 amide bonds. The van der Waals surface area contributed by atoms with Crippen LogP contribution >= 0.6 is 0 Å². The van der Waals surface area contributed by atoms with E-state index < -0.39 is 11.6 Å². The van der Waals surface area contributed by atoms with Gasteiger partial charge in [0.2, 0.25) is 5.88 Å². The first-order chi connectivity index (χ1) is 9.19. The Morgan fingerprint density at radius 3 is 2.79 bits per heavy atom. The molecule has 0 aliphatic heterocycles. The minimum absolute atomic E-state index is 0.0819. The van der Waals surface area contributed by atoms with Crippen LogP contribution in [0.4, 0.5) is 14.6 Å². The van der Waals surface area contributed by atoms with E-state index in [0.717, 1.165) is 25.1 Å². The molecular weight excluding hydrogens is 252 g/mol. The van der Waals surface area contributed by atoms with Crippen molar-refractivity contribution in [2.24, 2.45) is 0 Å². The van der Waals surface area contributed by atoms with Gasteiger partial charge in [0.05, 0.1) is 0 Å². The number of anilines is 1. The molecule has 0 saturated carbocycles. The first-order valence-electron chi connectivity index (χ1n) is 5.88. The summed E-state index contributed by atoms with van der Waals surface area (Å²) in [4.78, 5) is 7.87. The second kappa shape index (κ2) is 6.08. The van der Waals surface area contributed by atoms with Gasteiger partial charge in [0.1, 0.15) is 18.0 Å². The van der Waals surface area contributed by atoms with Gasteiger partial charge in [0, 0.05) is 18.7 Å². The largest absolute Gasteiger partial charge is 0.436 e. The van der Waals surface area contributed by atoms with Crippen molar-refractivity contribution in [1.29, 1.82) is 0 Å². The SMILES string of the molecule is CCCNc1cc(Oc2ccc(F)cc2F)ncn1. The average molecular weight is 265 g/mol. The molecule has 0 atom stereocenters. The summed E-state index contributed by atoms with van der Waals surface area (Å²) in [5, 5.41) is 3.06. The van der Waals surface area contributed by atoms with Crippen molar-refractivity contribution in [3.8, 4) is 11.6 Å². The van der Waals surface area contributed by atoms with Gasteiger partial charge in [-0.05, 0) is 18.6 Å². The van der Waals surface area contributed by atoms with E-state index in [9.17, 15) is 8.78 Å². The predicted molar refractivity (Wildman–Crippen MR) is 67.2 cm³/mol. The van der Waals surface area contributed by atoms with E-state index in [4.69, 9.17) is 4.74 Å². The molecule has 1 heterocycles. The first kappa shape index (κ1) is 13.2. The van der Waals surface area contributed by atoms with E-state index in [1.54, 1.807) is 6.07 Å². The van der Waals surface area contributed by atoms with Crippen LogP contribution < -0.4 is 10.1 Å². The molecule has 0 aliphatic carbocycles. The molecule has 6 heteroatoms. The van der Waals surface area contributed by atoms with E-state index in [0.29, 0.717) is 5.82 Å². The lowest BCUT2D eigenvalue weighted by Crippen LogP contribution is -2.02. The molecule has 1 aromatic heterocycles. The van der Waals surface area contributed by atoms with Crippen molar-refractivity contribution in [2.75, 3.05) is 11.9 Å². The summed E-state index contributed by atoms with van der Waals surface area (Å²) in [6, 6.07) is 4.65. The normalized spacial score (nSPS) is 10.3. The second-order valence-corrected chi connectivity index (χ2v) is 3.85. The molecule has 19 heavy (non-hydrogen) atoms. The van der Waals surface area contributed by atoms with Crippen LogP contribution in [-0.4, -0.2) is 16.5 Å². The van der Waals surface area contributed by atoms with Gasteiger partial charge < -0.3 is 10.1 Å². The third-order valence-electron chi connectivity index (χ3n) is 2.31. The fraction of sp³-hybridized carbons (Fsp3) is 0.231. The topological polar surface area (TPSA) is 47.0 Å². The molecule has 0 saturated heterocycles. The summed E-state index contributed by atoms with van der Waals surface area (Å²) in [6.07, 6.45) is 2.27. The van der Waals surface area contributed by atoms with Gasteiger partial charge in [-0.1, -0.05) is 6.92 Å². The fourth-order valence-electron chi connectivity index (χ4n) is 1.42. The van der Waals surface area contributed by atoms with Crippen molar-refractivity contribution in [3.63, 3.8) is 0 Å². The maximum Gasteiger partial charge on any atom is 0.224 e. The van der Waals surface area contributed by atoms with Crippen LogP contribution in [0.5, 0.6) is 11.6 Å². The monoisotopic (exact) mass is 265 g/mol. The molecule has 0 radical (unpaired) electrons. The molecule has 2 rings (SSSR count). The van der Waals surface area contributed by atoms with Gasteiger partial charge in [0.25, 0.3) is 0 Å². The quantitative estimate of drug-likeness (QED) is 0.900. The van der Waals surface area contributed by atoms with Crippen molar-refractivity contribution in [1.82, 2.24) is 9.97 Å². The lowest BCUT2D eigenvalue weighted by molar-refractivity contribution is 0.423. The number of benzene rings is 1. The van der Waals surface area contributed by atoms with Crippen LogP contribution in [-0.2, 0) is 0 Å². The summed E-state index contributed by atoms with van der Waals surface area (Å²) in [6.45, 7) is 2.79. The summed E-state index contributed by atoms with van der Waals surface area (Å²) in [5.74, 6) is -0.727. The molecule has 2 aromatic rings. The standard InChI is InChI=1S/C13H13F2N3O/c1-2-5-16-12-7-13(18-8-17-12)19-11-4-3-9(14)6-10(11)15/h3-4,6-8H,2,5H2,1H3,(H,16,17,18). The van der Waals surface area contributed by atoms with Gasteiger partial charge in [-0.25, -0.2) is 18.7 Å². The number of hydrogen-bond acceptors (Lipinski definition) is 4. The highest BCUT2D eigenvalue weighted by molar-refractivity contribution is 5.39. The number of nitrogens with zero attached hydrogens (tertiary/aromatic N) is 2. The average Bonchev–Trinajstić information content (AvgIpc) is 2.40. The summed E-state index contributed by atoms with van der Waals surface area (Å²) in [5.41, 5.74) is 0. The van der Waals surface area contributed by atoms with Crippen LogP contribution in [0.3, 0.4) is 0 Å². The molecule has 0 fully saturated rings.